The second-order valence-corrected chi connectivity index (χ2v) is 6.66. The molecule has 1 unspecified atom stereocenters. The van der Waals surface area contributed by atoms with Gasteiger partial charge in [-0.2, -0.15) is 0 Å². The predicted molar refractivity (Wildman–Crippen MR) is 64.8 cm³/mol. The number of rotatable bonds is 3. The molecule has 0 radical (unpaired) electrons. The van der Waals surface area contributed by atoms with Gasteiger partial charge in [0, 0.05) is 12.1 Å². The Morgan fingerprint density at radius 3 is 2.74 bits per heavy atom. The van der Waals surface area contributed by atoms with Crippen LogP contribution in [-0.4, -0.2) is 42.9 Å². The van der Waals surface area contributed by atoms with Gasteiger partial charge < -0.3 is 14.8 Å². The molecule has 0 bridgehead atoms. The van der Waals surface area contributed by atoms with Gasteiger partial charge in [-0.25, -0.2) is 13.2 Å². The summed E-state index contributed by atoms with van der Waals surface area (Å²) in [5.74, 6) is -1.88. The topological polar surface area (TPSA) is 114 Å². The highest BCUT2D eigenvalue weighted by Crippen LogP contribution is 2.14. The first-order valence-corrected chi connectivity index (χ1v) is 7.52. The van der Waals surface area contributed by atoms with E-state index in [1.165, 1.54) is 0 Å². The van der Waals surface area contributed by atoms with Crippen LogP contribution < -0.4 is 5.32 Å². The molecule has 1 aromatic rings. The molecule has 2 N–H and O–H groups in total. The molecule has 1 aliphatic rings. The van der Waals surface area contributed by atoms with Crippen molar-refractivity contribution < 1.29 is 27.5 Å². The van der Waals surface area contributed by atoms with E-state index in [2.05, 4.69) is 5.32 Å². The number of aromatic carboxylic acids is 1. The van der Waals surface area contributed by atoms with Gasteiger partial charge in [-0.3, -0.25) is 4.79 Å². The highest BCUT2D eigenvalue weighted by molar-refractivity contribution is 7.91. The van der Waals surface area contributed by atoms with Crippen molar-refractivity contribution in [3.8, 4) is 0 Å². The maximum Gasteiger partial charge on any atom is 0.338 e. The number of nitrogens with one attached hydrogen (secondary N) is 1. The Balaban J connectivity index is 2.02. The average molecular weight is 287 g/mol. The molecule has 1 amide bonds. The molecular weight excluding hydrogens is 274 g/mol. The molecule has 1 aliphatic heterocycles. The first-order chi connectivity index (χ1) is 8.87. The van der Waals surface area contributed by atoms with Crippen LogP contribution in [0.1, 0.15) is 33.8 Å². The fourth-order valence-electron chi connectivity index (χ4n) is 1.96. The Bertz CT molecular complexity index is 602. The minimum atomic E-state index is -3.11. The Labute approximate surface area is 109 Å². The quantitative estimate of drug-likeness (QED) is 0.825. The molecule has 0 spiro atoms. The molecular formula is C11H13NO6S. The van der Waals surface area contributed by atoms with E-state index in [0.29, 0.717) is 12.8 Å². The van der Waals surface area contributed by atoms with Crippen LogP contribution in [0.2, 0.25) is 0 Å². The fourth-order valence-corrected chi connectivity index (χ4v) is 3.60. The summed E-state index contributed by atoms with van der Waals surface area (Å²) in [6.07, 6.45) is 2.05. The Hall–Kier alpha value is -1.83. The fraction of sp³-hybridized carbons (Fsp3) is 0.455. The van der Waals surface area contributed by atoms with Gasteiger partial charge in [0.25, 0.3) is 5.91 Å². The van der Waals surface area contributed by atoms with E-state index in [1.54, 1.807) is 0 Å². The molecule has 0 aromatic carbocycles. The van der Waals surface area contributed by atoms with Crippen molar-refractivity contribution in [3.05, 3.63) is 23.7 Å². The lowest BCUT2D eigenvalue weighted by atomic mass is 10.2. The van der Waals surface area contributed by atoms with Crippen molar-refractivity contribution in [2.75, 3.05) is 11.5 Å². The second kappa shape index (κ2) is 5.04. The summed E-state index contributed by atoms with van der Waals surface area (Å²) in [7, 11) is -3.11. The van der Waals surface area contributed by atoms with Crippen LogP contribution in [0.4, 0.5) is 0 Å². The number of hydrogen-bond donors (Lipinski definition) is 2. The van der Waals surface area contributed by atoms with Gasteiger partial charge >= 0.3 is 5.97 Å². The van der Waals surface area contributed by atoms with E-state index in [0.717, 1.165) is 12.3 Å². The SMILES string of the molecule is O=C(O)c1coc(C(=O)NC2CCCS(=O)(=O)C2)c1. The average Bonchev–Trinajstić information content (AvgIpc) is 2.76. The predicted octanol–water partition coefficient (Wildman–Crippen LogP) is 0.285. The summed E-state index contributed by atoms with van der Waals surface area (Å²) in [4.78, 5) is 22.4. The highest BCUT2D eigenvalue weighted by Gasteiger charge is 2.27. The van der Waals surface area contributed by atoms with Crippen LogP contribution in [0.3, 0.4) is 0 Å². The van der Waals surface area contributed by atoms with Crippen molar-refractivity contribution in [1.82, 2.24) is 5.32 Å². The van der Waals surface area contributed by atoms with Gasteiger partial charge in [0.05, 0.1) is 17.1 Å². The molecule has 0 saturated carbocycles. The van der Waals surface area contributed by atoms with Gasteiger partial charge in [-0.15, -0.1) is 0 Å². The lowest BCUT2D eigenvalue weighted by Crippen LogP contribution is -2.43. The van der Waals surface area contributed by atoms with E-state index in [1.807, 2.05) is 0 Å². The number of carboxylic acid groups (broad SMARTS) is 1. The van der Waals surface area contributed by atoms with E-state index in [-0.39, 0.29) is 22.8 Å². The molecule has 2 heterocycles. The van der Waals surface area contributed by atoms with E-state index < -0.39 is 27.8 Å². The molecule has 1 saturated heterocycles. The maximum absolute atomic E-state index is 11.8. The molecule has 104 valence electrons. The maximum atomic E-state index is 11.8. The summed E-state index contributed by atoms with van der Waals surface area (Å²) >= 11 is 0. The van der Waals surface area contributed by atoms with Crippen molar-refractivity contribution >= 4 is 21.7 Å². The van der Waals surface area contributed by atoms with Crippen LogP contribution in [0.25, 0.3) is 0 Å². The zero-order chi connectivity index (χ0) is 14.0. The van der Waals surface area contributed by atoms with Crippen LogP contribution in [0, 0.1) is 0 Å². The molecule has 1 atom stereocenters. The van der Waals surface area contributed by atoms with Crippen LogP contribution >= 0.6 is 0 Å². The number of carbonyl (C=O) groups excluding carboxylic acids is 1. The lowest BCUT2D eigenvalue weighted by Gasteiger charge is -2.22. The zero-order valence-electron chi connectivity index (χ0n) is 9.96. The summed E-state index contributed by atoms with van der Waals surface area (Å²) < 4.78 is 27.7. The van der Waals surface area contributed by atoms with Crippen LogP contribution in [0.5, 0.6) is 0 Å². The van der Waals surface area contributed by atoms with Gasteiger partial charge in [0.15, 0.2) is 15.6 Å². The standard InChI is InChI=1S/C11H13NO6S/c13-10(9-4-7(5-18-9)11(14)15)12-8-2-1-3-19(16,17)6-8/h4-5,8H,1-3,6H2,(H,12,13)(H,14,15). The molecule has 19 heavy (non-hydrogen) atoms. The third-order valence-corrected chi connectivity index (χ3v) is 4.69. The van der Waals surface area contributed by atoms with E-state index in [4.69, 9.17) is 9.52 Å². The number of carboxylic acids is 1. The number of hydrogen-bond acceptors (Lipinski definition) is 5. The molecule has 0 aliphatic carbocycles. The number of amides is 1. The summed E-state index contributed by atoms with van der Waals surface area (Å²) in [6.45, 7) is 0. The third-order valence-electron chi connectivity index (χ3n) is 2.87. The monoisotopic (exact) mass is 287 g/mol. The number of furan rings is 1. The zero-order valence-corrected chi connectivity index (χ0v) is 10.8. The minimum Gasteiger partial charge on any atom is -0.478 e. The van der Waals surface area contributed by atoms with Crippen molar-refractivity contribution in [1.29, 1.82) is 0 Å². The van der Waals surface area contributed by atoms with Crippen molar-refractivity contribution in [2.24, 2.45) is 0 Å². The summed E-state index contributed by atoms with van der Waals surface area (Å²) in [6, 6.07) is 0.652. The number of carbonyl (C=O) groups is 2. The molecule has 1 aromatic heterocycles. The van der Waals surface area contributed by atoms with Crippen molar-refractivity contribution in [2.45, 2.75) is 18.9 Å². The van der Waals surface area contributed by atoms with Gasteiger partial charge in [0.2, 0.25) is 0 Å². The van der Waals surface area contributed by atoms with Crippen molar-refractivity contribution in [3.63, 3.8) is 0 Å². The second-order valence-electron chi connectivity index (χ2n) is 4.43. The van der Waals surface area contributed by atoms with E-state index in [9.17, 15) is 18.0 Å². The lowest BCUT2D eigenvalue weighted by molar-refractivity contribution is 0.0695. The first kappa shape index (κ1) is 13.6. The summed E-state index contributed by atoms with van der Waals surface area (Å²) in [5, 5.41) is 11.2. The molecule has 8 heteroatoms. The molecule has 7 nitrogen and oxygen atoms in total. The highest BCUT2D eigenvalue weighted by atomic mass is 32.2. The first-order valence-electron chi connectivity index (χ1n) is 5.70. The van der Waals surface area contributed by atoms with Gasteiger partial charge in [0.1, 0.15) is 6.26 Å². The van der Waals surface area contributed by atoms with Gasteiger partial charge in [-0.05, 0) is 12.8 Å². The smallest absolute Gasteiger partial charge is 0.338 e. The van der Waals surface area contributed by atoms with Gasteiger partial charge in [-0.1, -0.05) is 0 Å². The third kappa shape index (κ3) is 3.34. The summed E-state index contributed by atoms with van der Waals surface area (Å²) in [5.41, 5.74) is -0.124. The minimum absolute atomic E-state index is 0.0920. The Morgan fingerprint density at radius 1 is 1.42 bits per heavy atom. The molecule has 2 rings (SSSR count). The Morgan fingerprint density at radius 2 is 2.16 bits per heavy atom. The normalized spacial score (nSPS) is 21.8. The molecule has 1 fully saturated rings. The van der Waals surface area contributed by atoms with Crippen LogP contribution in [-0.2, 0) is 9.84 Å². The Kier molecular flexibility index (Phi) is 3.61. The largest absolute Gasteiger partial charge is 0.478 e. The van der Waals surface area contributed by atoms with E-state index >= 15 is 0 Å². The van der Waals surface area contributed by atoms with Crippen LogP contribution in [0.15, 0.2) is 16.7 Å². The number of sulfone groups is 1.